The fourth-order valence-corrected chi connectivity index (χ4v) is 1.48. The zero-order chi connectivity index (χ0) is 16.1. The zero-order valence-corrected chi connectivity index (χ0v) is 12.8. The monoisotopic (exact) mass is 294 g/mol. The van der Waals surface area contributed by atoms with Crippen molar-refractivity contribution in [2.45, 2.75) is 39.5 Å². The third-order valence-electron chi connectivity index (χ3n) is 2.67. The van der Waals surface area contributed by atoms with Gasteiger partial charge in [0.25, 0.3) is 0 Å². The maximum Gasteiger partial charge on any atom is 0.482 e. The molecule has 0 saturated heterocycles. The summed E-state index contributed by atoms with van der Waals surface area (Å²) in [4.78, 5) is 25.0. The van der Waals surface area contributed by atoms with Crippen molar-refractivity contribution >= 4 is 17.7 Å². The first-order chi connectivity index (χ1) is 10.1. The third-order valence-corrected chi connectivity index (χ3v) is 2.67. The maximum atomic E-state index is 11.4. The second-order valence-electron chi connectivity index (χ2n) is 4.44. The normalized spacial score (nSPS) is 11.1. The topological polar surface area (TPSA) is 89.0 Å². The lowest BCUT2D eigenvalue weighted by Crippen LogP contribution is -2.28. The fourth-order valence-electron chi connectivity index (χ4n) is 1.48. The average Bonchev–Trinajstić information content (AvgIpc) is 2.47. The molecule has 0 aliphatic rings. The van der Waals surface area contributed by atoms with Crippen LogP contribution in [0, 0.1) is 0 Å². The number of methoxy groups -OCH3 is 1. The summed E-state index contributed by atoms with van der Waals surface area (Å²) in [5.41, 5.74) is 9.00. The first-order valence-corrected chi connectivity index (χ1v) is 6.86. The highest BCUT2D eigenvalue weighted by Crippen LogP contribution is 2.07. The first-order valence-electron chi connectivity index (χ1n) is 6.86. The number of hydrogen-bond acceptors (Lipinski definition) is 4. The third kappa shape index (κ3) is 8.55. The number of carbonyl (C=O) groups is 2. The molecule has 0 amide bonds. The molecule has 0 radical (unpaired) electrons. The Balaban J connectivity index is 4.16. The molecule has 0 aromatic heterocycles. The van der Waals surface area contributed by atoms with Crippen LogP contribution in [0.15, 0.2) is 23.8 Å². The summed E-state index contributed by atoms with van der Waals surface area (Å²) in [6.45, 7) is 4.18. The van der Waals surface area contributed by atoms with Crippen molar-refractivity contribution in [3.05, 3.63) is 29.3 Å². The average molecular weight is 294 g/mol. The van der Waals surface area contributed by atoms with Crippen molar-refractivity contribution in [3.8, 4) is 0 Å². The molecule has 0 aromatic rings. The number of rotatable bonds is 9. The second-order valence-corrected chi connectivity index (χ2v) is 4.44. The molecule has 0 fully saturated rings. The summed E-state index contributed by atoms with van der Waals surface area (Å²) in [6.07, 6.45) is 9.97. The minimum atomic E-state index is -1.04. The van der Waals surface area contributed by atoms with Gasteiger partial charge in [-0.2, -0.15) is 4.79 Å². The Morgan fingerprint density at radius 3 is 2.52 bits per heavy atom. The molecule has 0 heterocycles. The maximum absolute atomic E-state index is 11.4. The summed E-state index contributed by atoms with van der Waals surface area (Å²) in [7, 11) is 1.08. The Kier molecular flexibility index (Phi) is 10.4. The first kappa shape index (κ1) is 18.8. The Morgan fingerprint density at radius 2 is 1.95 bits per heavy atom. The number of carbonyl (C=O) groups excluding carboxylic acids is 2. The molecule has 116 valence electrons. The van der Waals surface area contributed by atoms with Crippen LogP contribution in [0.5, 0.6) is 0 Å². The summed E-state index contributed by atoms with van der Waals surface area (Å²) in [5, 5.41) is 0. The zero-order valence-electron chi connectivity index (χ0n) is 12.8. The van der Waals surface area contributed by atoms with Gasteiger partial charge in [0.1, 0.15) is 6.61 Å². The predicted octanol–water partition coefficient (Wildman–Crippen LogP) is 2.46. The van der Waals surface area contributed by atoms with E-state index in [1.54, 1.807) is 12.2 Å². The number of nitrogens with zero attached hydrogens (tertiary/aromatic N) is 2. The van der Waals surface area contributed by atoms with Gasteiger partial charge in [-0.1, -0.05) is 37.5 Å². The molecule has 0 spiro atoms. The second kappa shape index (κ2) is 11.6. The fraction of sp³-hybridized carbons (Fsp3) is 0.533. The van der Waals surface area contributed by atoms with Gasteiger partial charge in [0.05, 0.1) is 7.11 Å². The number of ether oxygens (including phenoxy) is 2. The highest BCUT2D eigenvalue weighted by molar-refractivity contribution is 6.60. The standard InChI is InChI=1S/C15H22N2O4/c1-4-5-6-9-12(2)10-7-8-11-21-15(19)13(17-16)14(18)20-3/h7-8,10H,4-6,9,11H2,1-3H3. The highest BCUT2D eigenvalue weighted by atomic mass is 16.5. The number of unbranched alkanes of at least 4 members (excludes halogenated alkanes) is 2. The molecule has 0 saturated carbocycles. The van der Waals surface area contributed by atoms with Crippen LogP contribution < -0.4 is 0 Å². The van der Waals surface area contributed by atoms with Crippen molar-refractivity contribution < 1.29 is 23.9 Å². The lowest BCUT2D eigenvalue weighted by atomic mass is 10.1. The minimum absolute atomic E-state index is 0.0203. The molecule has 0 aliphatic heterocycles. The van der Waals surface area contributed by atoms with Gasteiger partial charge in [-0.3, -0.25) is 0 Å². The van der Waals surface area contributed by atoms with E-state index >= 15 is 0 Å². The van der Waals surface area contributed by atoms with Gasteiger partial charge in [0.2, 0.25) is 0 Å². The van der Waals surface area contributed by atoms with E-state index < -0.39 is 17.7 Å². The molecule has 0 unspecified atom stereocenters. The Labute approximate surface area is 125 Å². The van der Waals surface area contributed by atoms with Gasteiger partial charge in [-0.05, 0) is 25.8 Å². The molecule has 0 aliphatic carbocycles. The summed E-state index contributed by atoms with van der Waals surface area (Å²) in [5.74, 6) is -2.07. The van der Waals surface area contributed by atoms with Gasteiger partial charge in [-0.25, -0.2) is 9.59 Å². The molecule has 0 bridgehead atoms. The van der Waals surface area contributed by atoms with Crippen molar-refractivity contribution in [2.75, 3.05) is 13.7 Å². The lowest BCUT2D eigenvalue weighted by molar-refractivity contribution is -0.147. The smallest absolute Gasteiger partial charge is 0.460 e. The number of allylic oxidation sites excluding steroid dienone is 3. The van der Waals surface area contributed by atoms with Gasteiger partial charge in [0, 0.05) is 0 Å². The van der Waals surface area contributed by atoms with Gasteiger partial charge in [0.15, 0.2) is 0 Å². The molecular weight excluding hydrogens is 272 g/mol. The molecule has 0 aromatic carbocycles. The molecule has 6 heteroatoms. The van der Waals surface area contributed by atoms with Gasteiger partial charge >= 0.3 is 17.7 Å². The van der Waals surface area contributed by atoms with E-state index in [1.807, 2.05) is 13.0 Å². The van der Waals surface area contributed by atoms with Crippen LogP contribution in [0.3, 0.4) is 0 Å². The Morgan fingerprint density at radius 1 is 1.24 bits per heavy atom. The van der Waals surface area contributed by atoms with Crippen molar-refractivity contribution in [2.24, 2.45) is 0 Å². The molecule has 0 rings (SSSR count). The van der Waals surface area contributed by atoms with Gasteiger partial charge in [-0.15, -0.1) is 0 Å². The molecule has 0 N–H and O–H groups in total. The van der Waals surface area contributed by atoms with E-state index in [0.717, 1.165) is 20.0 Å². The van der Waals surface area contributed by atoms with Crippen LogP contribution in [0.2, 0.25) is 0 Å². The van der Waals surface area contributed by atoms with Crippen LogP contribution in [-0.2, 0) is 19.1 Å². The van der Waals surface area contributed by atoms with E-state index in [-0.39, 0.29) is 6.61 Å². The molecule has 6 nitrogen and oxygen atoms in total. The summed E-state index contributed by atoms with van der Waals surface area (Å²) in [6, 6.07) is 0. The number of hydrogen-bond donors (Lipinski definition) is 0. The van der Waals surface area contributed by atoms with Crippen LogP contribution in [0.1, 0.15) is 39.5 Å². The number of esters is 2. The molecule has 0 atom stereocenters. The minimum Gasteiger partial charge on any atom is -0.460 e. The van der Waals surface area contributed by atoms with E-state index in [2.05, 4.69) is 16.5 Å². The van der Waals surface area contributed by atoms with Crippen LogP contribution >= 0.6 is 0 Å². The highest BCUT2D eigenvalue weighted by Gasteiger charge is 2.32. The van der Waals surface area contributed by atoms with Crippen molar-refractivity contribution in [1.82, 2.24) is 0 Å². The predicted molar refractivity (Wildman–Crippen MR) is 78.6 cm³/mol. The van der Waals surface area contributed by atoms with E-state index in [4.69, 9.17) is 10.3 Å². The van der Waals surface area contributed by atoms with E-state index in [9.17, 15) is 9.59 Å². The van der Waals surface area contributed by atoms with Crippen molar-refractivity contribution in [1.29, 1.82) is 0 Å². The van der Waals surface area contributed by atoms with E-state index in [0.29, 0.717) is 0 Å². The molecular formula is C15H22N2O4. The SMILES string of the molecule is CCCCCC(C)=CC=CCOC(=O)C(=[N+]=[N-])C(=O)OC. The van der Waals surface area contributed by atoms with Crippen LogP contribution in [0.25, 0.3) is 5.53 Å². The largest absolute Gasteiger partial charge is 0.482 e. The quantitative estimate of drug-likeness (QED) is 0.124. The van der Waals surface area contributed by atoms with E-state index in [1.165, 1.54) is 18.4 Å². The van der Waals surface area contributed by atoms with Crippen LogP contribution in [-0.4, -0.2) is 36.2 Å². The van der Waals surface area contributed by atoms with Crippen LogP contribution in [0.4, 0.5) is 0 Å². The Hall–Kier alpha value is -2.20. The lowest BCUT2D eigenvalue weighted by Gasteiger charge is -1.98. The summed E-state index contributed by atoms with van der Waals surface area (Å²) < 4.78 is 9.02. The molecule has 21 heavy (non-hydrogen) atoms. The van der Waals surface area contributed by atoms with Gasteiger partial charge < -0.3 is 15.0 Å². The van der Waals surface area contributed by atoms with Crippen molar-refractivity contribution in [3.63, 3.8) is 0 Å². The Bertz CT molecular complexity index is 460. The summed E-state index contributed by atoms with van der Waals surface area (Å²) >= 11 is 0.